The number of hydrogen-bond donors (Lipinski definition) is 2. The topological polar surface area (TPSA) is 80.2 Å². The summed E-state index contributed by atoms with van der Waals surface area (Å²) < 4.78 is 16.4. The molecule has 2 aromatic rings. The van der Waals surface area contributed by atoms with Crippen LogP contribution in [0.5, 0.6) is 11.6 Å². The van der Waals surface area contributed by atoms with E-state index >= 15 is 0 Å². The normalized spacial score (nSPS) is 15.4. The second kappa shape index (κ2) is 12.9. The molecule has 1 aromatic heterocycles. The number of likely N-dealkylation sites (tertiary alicyclic amines) is 1. The Labute approximate surface area is 191 Å². The van der Waals surface area contributed by atoms with Crippen molar-refractivity contribution in [3.05, 3.63) is 53.7 Å². The summed E-state index contributed by atoms with van der Waals surface area (Å²) in [6.07, 6.45) is 4.18. The van der Waals surface area contributed by atoms with Gasteiger partial charge in [0.2, 0.25) is 5.88 Å². The second-order valence-electron chi connectivity index (χ2n) is 7.62. The monoisotopic (exact) mass is 441 g/mol. The van der Waals surface area contributed by atoms with Gasteiger partial charge in [-0.1, -0.05) is 24.3 Å². The number of pyridine rings is 1. The Hall–Kier alpha value is -2.84. The first-order chi connectivity index (χ1) is 15.8. The quantitative estimate of drug-likeness (QED) is 0.315. The third kappa shape index (κ3) is 6.58. The summed E-state index contributed by atoms with van der Waals surface area (Å²) in [4.78, 5) is 11.3. The minimum atomic E-state index is 0.207. The molecule has 1 aromatic carbocycles. The first-order valence-electron chi connectivity index (χ1n) is 11.1. The van der Waals surface area contributed by atoms with Crippen molar-refractivity contribution in [3.63, 3.8) is 0 Å². The third-order valence-corrected chi connectivity index (χ3v) is 5.59. The van der Waals surface area contributed by atoms with Gasteiger partial charge in [-0.15, -0.1) is 0 Å². The van der Waals surface area contributed by atoms with Crippen molar-refractivity contribution in [1.29, 1.82) is 0 Å². The summed E-state index contributed by atoms with van der Waals surface area (Å²) in [5.41, 5.74) is 2.16. The number of methoxy groups -OCH3 is 2. The van der Waals surface area contributed by atoms with E-state index in [1.54, 1.807) is 27.5 Å². The van der Waals surface area contributed by atoms with E-state index in [-0.39, 0.29) is 6.04 Å². The van der Waals surface area contributed by atoms with E-state index < -0.39 is 0 Å². The molecule has 3 rings (SSSR count). The van der Waals surface area contributed by atoms with Crippen LogP contribution in [0.4, 0.5) is 0 Å². The van der Waals surface area contributed by atoms with Crippen molar-refractivity contribution in [2.24, 2.45) is 4.99 Å². The summed E-state index contributed by atoms with van der Waals surface area (Å²) in [6, 6.07) is 12.4. The van der Waals surface area contributed by atoms with Crippen LogP contribution in [-0.4, -0.2) is 70.0 Å². The number of aromatic nitrogens is 1. The fourth-order valence-electron chi connectivity index (χ4n) is 3.93. The van der Waals surface area contributed by atoms with E-state index in [9.17, 15) is 0 Å². The maximum atomic E-state index is 5.74. The molecule has 0 saturated carbocycles. The first kappa shape index (κ1) is 23.8. The highest BCUT2D eigenvalue weighted by Gasteiger charge is 2.26. The number of guanidine groups is 1. The molecule has 1 aliphatic rings. The van der Waals surface area contributed by atoms with Crippen molar-refractivity contribution in [3.8, 4) is 11.6 Å². The minimum absolute atomic E-state index is 0.207. The zero-order valence-electron chi connectivity index (χ0n) is 19.3. The zero-order valence-corrected chi connectivity index (χ0v) is 19.3. The summed E-state index contributed by atoms with van der Waals surface area (Å²) >= 11 is 0. The average Bonchev–Trinajstić information content (AvgIpc) is 3.37. The van der Waals surface area contributed by atoms with Gasteiger partial charge < -0.3 is 24.8 Å². The van der Waals surface area contributed by atoms with Gasteiger partial charge in [0, 0.05) is 44.6 Å². The highest BCUT2D eigenvalue weighted by Crippen LogP contribution is 2.31. The molecule has 0 radical (unpaired) electrons. The number of nitrogens with zero attached hydrogens (tertiary/aromatic N) is 3. The van der Waals surface area contributed by atoms with Crippen LogP contribution in [0, 0.1) is 0 Å². The van der Waals surface area contributed by atoms with E-state index in [0.717, 1.165) is 36.9 Å². The zero-order chi connectivity index (χ0) is 22.6. The average molecular weight is 442 g/mol. The van der Waals surface area contributed by atoms with Crippen LogP contribution in [-0.2, 0) is 11.3 Å². The predicted octanol–water partition coefficient (Wildman–Crippen LogP) is 2.62. The summed E-state index contributed by atoms with van der Waals surface area (Å²) in [5, 5.41) is 6.88. The third-order valence-electron chi connectivity index (χ3n) is 5.59. The number of benzene rings is 1. The maximum absolute atomic E-state index is 5.74. The van der Waals surface area contributed by atoms with Gasteiger partial charge in [-0.2, -0.15) is 0 Å². The lowest BCUT2D eigenvalue weighted by molar-refractivity contribution is 0.143. The molecule has 8 nitrogen and oxygen atoms in total. The Morgan fingerprint density at radius 3 is 2.66 bits per heavy atom. The largest absolute Gasteiger partial charge is 0.496 e. The van der Waals surface area contributed by atoms with Crippen molar-refractivity contribution >= 4 is 5.96 Å². The lowest BCUT2D eigenvalue weighted by Crippen LogP contribution is -2.42. The van der Waals surface area contributed by atoms with Crippen molar-refractivity contribution in [1.82, 2.24) is 20.5 Å². The Bertz CT molecular complexity index is 855. The Morgan fingerprint density at radius 1 is 1.09 bits per heavy atom. The lowest BCUT2D eigenvalue weighted by Gasteiger charge is -2.30. The number of para-hydroxylation sites is 1. The minimum Gasteiger partial charge on any atom is -0.496 e. The van der Waals surface area contributed by atoms with Crippen LogP contribution in [0.25, 0.3) is 0 Å². The molecule has 0 aliphatic carbocycles. The van der Waals surface area contributed by atoms with Crippen LogP contribution in [0.3, 0.4) is 0 Å². The first-order valence-corrected chi connectivity index (χ1v) is 11.1. The number of nitrogens with one attached hydrogen (secondary N) is 2. The Balaban J connectivity index is 1.63. The van der Waals surface area contributed by atoms with Gasteiger partial charge in [0.1, 0.15) is 12.4 Å². The molecule has 174 valence electrons. The fraction of sp³-hybridized carbons (Fsp3) is 0.500. The van der Waals surface area contributed by atoms with Crippen molar-refractivity contribution in [2.45, 2.75) is 25.4 Å². The number of hydrogen-bond acceptors (Lipinski definition) is 6. The smallest absolute Gasteiger partial charge is 0.218 e. The van der Waals surface area contributed by atoms with Crippen LogP contribution in [0.2, 0.25) is 0 Å². The molecule has 0 bridgehead atoms. The van der Waals surface area contributed by atoms with Gasteiger partial charge in [0.15, 0.2) is 5.96 Å². The number of ether oxygens (including phenoxy) is 3. The molecule has 1 aliphatic heterocycles. The molecule has 1 saturated heterocycles. The maximum Gasteiger partial charge on any atom is 0.218 e. The lowest BCUT2D eigenvalue weighted by atomic mass is 10.0. The van der Waals surface area contributed by atoms with Crippen LogP contribution < -0.4 is 20.1 Å². The Morgan fingerprint density at radius 2 is 1.91 bits per heavy atom. The standard InChI is InChI=1S/C24H35N5O3/c1-25-24(27-17-19-9-8-12-26-23(19)32-16-15-30-2)28-18-21(29-13-6-7-14-29)20-10-4-5-11-22(20)31-3/h4-5,8-12,21H,6-7,13-18H2,1-3H3,(H2,25,27,28). The van der Waals surface area contributed by atoms with E-state index in [1.807, 2.05) is 24.3 Å². The van der Waals surface area contributed by atoms with Crippen molar-refractivity contribution in [2.75, 3.05) is 54.1 Å². The molecule has 32 heavy (non-hydrogen) atoms. The molecule has 1 fully saturated rings. The molecule has 1 unspecified atom stereocenters. The van der Waals surface area contributed by atoms with Gasteiger partial charge in [-0.05, 0) is 38.1 Å². The summed E-state index contributed by atoms with van der Waals surface area (Å²) in [7, 11) is 5.16. The van der Waals surface area contributed by atoms with Gasteiger partial charge in [-0.25, -0.2) is 4.98 Å². The van der Waals surface area contributed by atoms with Crippen LogP contribution >= 0.6 is 0 Å². The molecular weight excluding hydrogens is 406 g/mol. The SMILES string of the molecule is CN=C(NCc1cccnc1OCCOC)NCC(c1ccccc1OC)N1CCCC1. The number of rotatable bonds is 11. The highest BCUT2D eigenvalue weighted by molar-refractivity contribution is 5.79. The van der Waals surface area contributed by atoms with Gasteiger partial charge >= 0.3 is 0 Å². The molecule has 8 heteroatoms. The number of aliphatic imine (C=N–C) groups is 1. The van der Waals surface area contributed by atoms with Crippen LogP contribution in [0.1, 0.15) is 30.0 Å². The molecule has 2 heterocycles. The predicted molar refractivity (Wildman–Crippen MR) is 126 cm³/mol. The Kier molecular flexibility index (Phi) is 9.59. The molecule has 1 atom stereocenters. The molecular formula is C24H35N5O3. The van der Waals surface area contributed by atoms with Crippen LogP contribution in [0.15, 0.2) is 47.6 Å². The molecule has 0 spiro atoms. The second-order valence-corrected chi connectivity index (χ2v) is 7.62. The van der Waals surface area contributed by atoms with E-state index in [4.69, 9.17) is 14.2 Å². The van der Waals surface area contributed by atoms with E-state index in [2.05, 4.69) is 37.6 Å². The highest BCUT2D eigenvalue weighted by atomic mass is 16.5. The van der Waals surface area contributed by atoms with E-state index in [1.165, 1.54) is 18.4 Å². The summed E-state index contributed by atoms with van der Waals surface area (Å²) in [6.45, 7) is 4.45. The van der Waals surface area contributed by atoms with Gasteiger partial charge in [0.05, 0.1) is 19.8 Å². The summed E-state index contributed by atoms with van der Waals surface area (Å²) in [5.74, 6) is 2.26. The fourth-order valence-corrected chi connectivity index (χ4v) is 3.93. The van der Waals surface area contributed by atoms with Gasteiger partial charge in [-0.3, -0.25) is 9.89 Å². The van der Waals surface area contributed by atoms with E-state index in [0.29, 0.717) is 25.6 Å². The van der Waals surface area contributed by atoms with Gasteiger partial charge in [0.25, 0.3) is 0 Å². The van der Waals surface area contributed by atoms with Crippen molar-refractivity contribution < 1.29 is 14.2 Å². The molecule has 2 N–H and O–H groups in total. The molecule has 0 amide bonds.